The van der Waals surface area contributed by atoms with Crippen LogP contribution in [-0.4, -0.2) is 47.5 Å². The van der Waals surface area contributed by atoms with Crippen LogP contribution in [0.4, 0.5) is 5.82 Å². The molecule has 214 valence electrons. The number of methoxy groups -OCH3 is 2. The van der Waals surface area contributed by atoms with Gasteiger partial charge in [-0.25, -0.2) is 4.79 Å². The normalized spacial score (nSPS) is 12.8. The zero-order valence-corrected chi connectivity index (χ0v) is 23.6. The van der Waals surface area contributed by atoms with Gasteiger partial charge in [0, 0.05) is 25.6 Å². The molecule has 0 bridgehead atoms. The first kappa shape index (κ1) is 29.5. The second-order valence-electron chi connectivity index (χ2n) is 9.79. The van der Waals surface area contributed by atoms with Crippen molar-refractivity contribution in [2.45, 2.75) is 32.1 Å². The van der Waals surface area contributed by atoms with Gasteiger partial charge in [0.05, 0.1) is 26.9 Å². The van der Waals surface area contributed by atoms with E-state index in [1.165, 1.54) is 11.5 Å². The quantitative estimate of drug-likeness (QED) is 0.251. The van der Waals surface area contributed by atoms with E-state index in [2.05, 4.69) is 10.3 Å². The van der Waals surface area contributed by atoms with Gasteiger partial charge in [0.15, 0.2) is 0 Å². The predicted molar refractivity (Wildman–Crippen MR) is 156 cm³/mol. The third-order valence-corrected chi connectivity index (χ3v) is 6.96. The number of nitrogens with zero attached hydrogens (tertiary/aromatic N) is 2. The summed E-state index contributed by atoms with van der Waals surface area (Å²) in [5, 5.41) is 13.8. The fourth-order valence-corrected chi connectivity index (χ4v) is 4.70. The van der Waals surface area contributed by atoms with Crippen molar-refractivity contribution in [3.05, 3.63) is 118 Å². The molecule has 0 radical (unpaired) electrons. The number of rotatable bonds is 12. The number of aliphatic hydroxyl groups is 1. The minimum Gasteiger partial charge on any atom is -0.497 e. The average molecular weight is 558 g/mol. The van der Waals surface area contributed by atoms with E-state index in [0.717, 1.165) is 16.7 Å². The summed E-state index contributed by atoms with van der Waals surface area (Å²) in [5.74, 6) is 0.930. The molecule has 41 heavy (non-hydrogen) atoms. The Bertz CT molecular complexity index is 1440. The Hall–Kier alpha value is -4.47. The standard InChI is InChI=1S/C32H35N3O6/c1-22(20-35-19-18-30(33-23(2)36)34-31(35)38)29(37)21-41-32(24-8-6-5-7-9-24,25-10-14-27(39-3)15-11-25)26-12-16-28(40-4)17-13-26/h5-19,22,29,37H,20-21H2,1-4H3,(H,33,34,36,38)/t22-,29-/m0/s1. The third kappa shape index (κ3) is 6.82. The maximum absolute atomic E-state index is 12.5. The van der Waals surface area contributed by atoms with Crippen LogP contribution < -0.4 is 20.5 Å². The van der Waals surface area contributed by atoms with Crippen LogP contribution in [0.25, 0.3) is 0 Å². The van der Waals surface area contributed by atoms with Gasteiger partial charge in [-0.15, -0.1) is 0 Å². The van der Waals surface area contributed by atoms with Crippen molar-refractivity contribution < 1.29 is 24.1 Å². The van der Waals surface area contributed by atoms with Gasteiger partial charge in [0.1, 0.15) is 22.9 Å². The fourth-order valence-electron chi connectivity index (χ4n) is 4.70. The molecular weight excluding hydrogens is 522 g/mol. The van der Waals surface area contributed by atoms with E-state index in [1.807, 2.05) is 85.8 Å². The highest BCUT2D eigenvalue weighted by Gasteiger charge is 2.38. The summed E-state index contributed by atoms with van der Waals surface area (Å²) in [6, 6.07) is 26.7. The summed E-state index contributed by atoms with van der Waals surface area (Å²) < 4.78 is 19.0. The summed E-state index contributed by atoms with van der Waals surface area (Å²) in [6.07, 6.45) is 0.629. The molecule has 9 nitrogen and oxygen atoms in total. The number of hydrogen-bond acceptors (Lipinski definition) is 7. The van der Waals surface area contributed by atoms with Crippen LogP contribution >= 0.6 is 0 Å². The Kier molecular flexibility index (Phi) is 9.54. The summed E-state index contributed by atoms with van der Waals surface area (Å²) in [7, 11) is 3.23. The predicted octanol–water partition coefficient (Wildman–Crippen LogP) is 4.22. The Morgan fingerprint density at radius 2 is 1.44 bits per heavy atom. The van der Waals surface area contributed by atoms with Crippen LogP contribution in [0.1, 0.15) is 30.5 Å². The molecule has 2 N–H and O–H groups in total. The molecule has 2 atom stereocenters. The molecule has 4 rings (SSSR count). The van der Waals surface area contributed by atoms with E-state index in [9.17, 15) is 14.7 Å². The fraction of sp³-hybridized carbons (Fsp3) is 0.281. The Balaban J connectivity index is 1.67. The summed E-state index contributed by atoms with van der Waals surface area (Å²) in [4.78, 5) is 27.7. The van der Waals surface area contributed by atoms with E-state index < -0.39 is 17.4 Å². The Labute approximate surface area is 239 Å². The lowest BCUT2D eigenvalue weighted by molar-refractivity contribution is -0.114. The molecule has 9 heteroatoms. The highest BCUT2D eigenvalue weighted by molar-refractivity contribution is 5.87. The number of aromatic nitrogens is 2. The molecule has 1 amide bonds. The van der Waals surface area contributed by atoms with Crippen molar-refractivity contribution in [3.8, 4) is 11.5 Å². The lowest BCUT2D eigenvalue weighted by Gasteiger charge is -2.37. The lowest BCUT2D eigenvalue weighted by Crippen LogP contribution is -2.38. The first-order valence-electron chi connectivity index (χ1n) is 13.3. The van der Waals surface area contributed by atoms with E-state index >= 15 is 0 Å². The van der Waals surface area contributed by atoms with Gasteiger partial charge >= 0.3 is 5.69 Å². The monoisotopic (exact) mass is 557 g/mol. The van der Waals surface area contributed by atoms with Gasteiger partial charge in [0.25, 0.3) is 0 Å². The minimum atomic E-state index is -1.07. The molecule has 4 aromatic rings. The summed E-state index contributed by atoms with van der Waals surface area (Å²) in [5.41, 5.74) is 0.987. The number of carbonyl (C=O) groups excluding carboxylic acids is 1. The molecule has 0 saturated carbocycles. The number of aliphatic hydroxyl groups excluding tert-OH is 1. The second-order valence-corrected chi connectivity index (χ2v) is 9.79. The highest BCUT2D eigenvalue weighted by Crippen LogP contribution is 2.42. The van der Waals surface area contributed by atoms with Crippen LogP contribution in [0.2, 0.25) is 0 Å². The van der Waals surface area contributed by atoms with E-state index in [-0.39, 0.29) is 30.8 Å². The highest BCUT2D eigenvalue weighted by atomic mass is 16.5. The molecule has 0 aliphatic rings. The third-order valence-electron chi connectivity index (χ3n) is 6.96. The topological polar surface area (TPSA) is 112 Å². The number of hydrogen-bond donors (Lipinski definition) is 2. The molecule has 0 unspecified atom stereocenters. The molecule has 0 saturated heterocycles. The molecular formula is C32H35N3O6. The number of nitrogens with one attached hydrogen (secondary N) is 1. The first-order valence-corrected chi connectivity index (χ1v) is 13.3. The zero-order valence-electron chi connectivity index (χ0n) is 23.6. The van der Waals surface area contributed by atoms with Crippen molar-refractivity contribution in [3.63, 3.8) is 0 Å². The van der Waals surface area contributed by atoms with Crippen molar-refractivity contribution in [1.82, 2.24) is 9.55 Å². The minimum absolute atomic E-state index is 0.0275. The van der Waals surface area contributed by atoms with Gasteiger partial charge in [-0.05, 0) is 47.0 Å². The maximum atomic E-state index is 12.5. The number of anilines is 1. The molecule has 0 aliphatic carbocycles. The van der Waals surface area contributed by atoms with E-state index in [1.54, 1.807) is 26.5 Å². The van der Waals surface area contributed by atoms with Gasteiger partial charge in [0.2, 0.25) is 5.91 Å². The maximum Gasteiger partial charge on any atom is 0.349 e. The van der Waals surface area contributed by atoms with Gasteiger partial charge in [-0.2, -0.15) is 4.98 Å². The number of amides is 1. The van der Waals surface area contributed by atoms with Crippen LogP contribution in [0.15, 0.2) is 95.9 Å². The average Bonchev–Trinajstić information content (AvgIpc) is 2.99. The SMILES string of the molecule is COc1ccc(C(OC[C@H](O)[C@@H](C)Cn2ccc(NC(C)=O)nc2=O)(c2ccccc2)c2ccc(OC)cc2)cc1. The smallest absolute Gasteiger partial charge is 0.349 e. The van der Waals surface area contributed by atoms with Crippen molar-refractivity contribution >= 4 is 11.7 Å². The van der Waals surface area contributed by atoms with Crippen molar-refractivity contribution in [1.29, 1.82) is 0 Å². The van der Waals surface area contributed by atoms with E-state index in [4.69, 9.17) is 14.2 Å². The first-order chi connectivity index (χ1) is 19.8. The largest absolute Gasteiger partial charge is 0.497 e. The zero-order chi connectivity index (χ0) is 29.4. The Morgan fingerprint density at radius 1 is 0.902 bits per heavy atom. The van der Waals surface area contributed by atoms with Crippen LogP contribution in [0.5, 0.6) is 11.5 Å². The number of ether oxygens (including phenoxy) is 3. The number of carbonyl (C=O) groups is 1. The van der Waals surface area contributed by atoms with Gasteiger partial charge in [-0.1, -0.05) is 61.5 Å². The van der Waals surface area contributed by atoms with E-state index in [0.29, 0.717) is 11.5 Å². The van der Waals surface area contributed by atoms with Crippen LogP contribution in [0.3, 0.4) is 0 Å². The molecule has 1 heterocycles. The van der Waals surface area contributed by atoms with Crippen molar-refractivity contribution in [2.75, 3.05) is 26.1 Å². The summed E-state index contributed by atoms with van der Waals surface area (Å²) >= 11 is 0. The van der Waals surface area contributed by atoms with Gasteiger partial charge in [-0.3, -0.25) is 9.36 Å². The van der Waals surface area contributed by atoms with Crippen LogP contribution in [-0.2, 0) is 21.7 Å². The number of benzene rings is 3. The molecule has 0 spiro atoms. The van der Waals surface area contributed by atoms with Crippen LogP contribution in [0, 0.1) is 5.92 Å². The lowest BCUT2D eigenvalue weighted by atomic mass is 9.80. The molecule has 1 aromatic heterocycles. The second kappa shape index (κ2) is 13.3. The molecule has 0 aliphatic heterocycles. The molecule has 0 fully saturated rings. The Morgan fingerprint density at radius 3 is 1.93 bits per heavy atom. The van der Waals surface area contributed by atoms with Crippen molar-refractivity contribution in [2.24, 2.45) is 5.92 Å². The summed E-state index contributed by atoms with van der Waals surface area (Å²) in [6.45, 7) is 3.37. The van der Waals surface area contributed by atoms with Gasteiger partial charge < -0.3 is 24.6 Å². The molecule has 3 aromatic carbocycles.